The molecule has 0 atom stereocenters. The molecule has 2 rings (SSSR count). The number of nitrogens with one attached hydrogen (secondary N) is 3. The van der Waals surface area contributed by atoms with Gasteiger partial charge < -0.3 is 20.7 Å². The molecule has 0 radical (unpaired) electrons. The van der Waals surface area contributed by atoms with E-state index in [1.807, 2.05) is 56.3 Å². The van der Waals surface area contributed by atoms with Crippen molar-refractivity contribution in [3.05, 3.63) is 59.7 Å². The molecule has 0 saturated heterocycles. The van der Waals surface area contributed by atoms with Gasteiger partial charge in [0.15, 0.2) is 5.96 Å². The molecule has 0 bridgehead atoms. The zero-order valence-electron chi connectivity index (χ0n) is 16.6. The molecule has 0 unspecified atom stereocenters. The van der Waals surface area contributed by atoms with Gasteiger partial charge in [0.1, 0.15) is 11.5 Å². The molecule has 152 valence electrons. The number of guanidine groups is 1. The van der Waals surface area contributed by atoms with Crippen LogP contribution in [-0.4, -0.2) is 31.5 Å². The fraction of sp³-hybridized carbons (Fsp3) is 0.333. The van der Waals surface area contributed by atoms with E-state index in [9.17, 15) is 4.79 Å². The van der Waals surface area contributed by atoms with Crippen LogP contribution in [-0.2, 0) is 11.3 Å². The average Bonchev–Trinajstić information content (AvgIpc) is 2.65. The van der Waals surface area contributed by atoms with Crippen LogP contribution in [0.3, 0.4) is 0 Å². The number of amides is 1. The molecule has 0 aromatic heterocycles. The summed E-state index contributed by atoms with van der Waals surface area (Å²) in [5.41, 5.74) is 2.14. The van der Waals surface area contributed by atoms with Crippen LogP contribution in [0.5, 0.6) is 11.5 Å². The van der Waals surface area contributed by atoms with Gasteiger partial charge in [-0.1, -0.05) is 30.3 Å². The maximum atomic E-state index is 10.9. The third-order valence-corrected chi connectivity index (χ3v) is 3.74. The Bertz CT molecular complexity index is 766. The number of benzene rings is 2. The number of halogens is 1. The van der Waals surface area contributed by atoms with Crippen LogP contribution < -0.4 is 20.7 Å². The van der Waals surface area contributed by atoms with Gasteiger partial charge in [0, 0.05) is 32.1 Å². The lowest BCUT2D eigenvalue weighted by atomic mass is 10.1. The third kappa shape index (κ3) is 8.60. The molecule has 2 aromatic carbocycles. The Hall–Kier alpha value is -2.29. The van der Waals surface area contributed by atoms with E-state index < -0.39 is 0 Å². The molecule has 0 aliphatic heterocycles. The van der Waals surface area contributed by atoms with Gasteiger partial charge in [0.25, 0.3) is 0 Å². The lowest BCUT2D eigenvalue weighted by Gasteiger charge is -2.13. The van der Waals surface area contributed by atoms with Crippen molar-refractivity contribution < 1.29 is 9.53 Å². The summed E-state index contributed by atoms with van der Waals surface area (Å²) in [6.07, 6.45) is 0. The third-order valence-electron chi connectivity index (χ3n) is 3.74. The number of carbonyl (C=O) groups is 1. The van der Waals surface area contributed by atoms with Crippen LogP contribution in [0.15, 0.2) is 53.5 Å². The molecule has 6 nitrogen and oxygen atoms in total. The molecule has 1 amide bonds. The standard InChI is InChI=1S/C21H28N4O2.HI/c1-4-22-21(24-13-12-23-17(3)26)25-15-18-11-10-16(2)14-20(18)27-19-8-6-5-7-9-19;/h5-11,14H,4,12-13,15H2,1-3H3,(H,23,26)(H2,22,24,25);1H. The minimum Gasteiger partial charge on any atom is -0.457 e. The highest BCUT2D eigenvalue weighted by atomic mass is 127. The molecule has 0 aliphatic carbocycles. The average molecular weight is 496 g/mol. The predicted octanol–water partition coefficient (Wildman–Crippen LogP) is 3.60. The number of hydrogen-bond acceptors (Lipinski definition) is 3. The van der Waals surface area contributed by atoms with E-state index in [1.54, 1.807) is 0 Å². The first kappa shape index (κ1) is 23.7. The van der Waals surface area contributed by atoms with Crippen LogP contribution in [0.1, 0.15) is 25.0 Å². The summed E-state index contributed by atoms with van der Waals surface area (Å²) in [5, 5.41) is 9.17. The van der Waals surface area contributed by atoms with Crippen molar-refractivity contribution in [2.45, 2.75) is 27.3 Å². The topological polar surface area (TPSA) is 74.8 Å². The minimum atomic E-state index is -0.0407. The largest absolute Gasteiger partial charge is 0.457 e. The number of aliphatic imine (C=N–C) groups is 1. The number of para-hydroxylation sites is 1. The van der Waals surface area contributed by atoms with Crippen molar-refractivity contribution in [3.63, 3.8) is 0 Å². The van der Waals surface area contributed by atoms with Crippen molar-refractivity contribution >= 4 is 35.8 Å². The van der Waals surface area contributed by atoms with E-state index in [-0.39, 0.29) is 29.9 Å². The zero-order chi connectivity index (χ0) is 19.5. The van der Waals surface area contributed by atoms with Crippen LogP contribution in [0, 0.1) is 6.92 Å². The van der Waals surface area contributed by atoms with E-state index in [4.69, 9.17) is 4.74 Å². The van der Waals surface area contributed by atoms with Gasteiger partial charge >= 0.3 is 0 Å². The Morgan fingerprint density at radius 3 is 2.43 bits per heavy atom. The normalized spacial score (nSPS) is 10.6. The summed E-state index contributed by atoms with van der Waals surface area (Å²) < 4.78 is 6.05. The smallest absolute Gasteiger partial charge is 0.216 e. The van der Waals surface area contributed by atoms with Gasteiger partial charge in [-0.15, -0.1) is 24.0 Å². The number of carbonyl (C=O) groups excluding carboxylic acids is 1. The summed E-state index contributed by atoms with van der Waals surface area (Å²) in [6.45, 7) is 7.95. The highest BCUT2D eigenvalue weighted by Crippen LogP contribution is 2.27. The quantitative estimate of drug-likeness (QED) is 0.226. The SMILES string of the molecule is CCNC(=NCc1ccc(C)cc1Oc1ccccc1)NCCNC(C)=O.I. The van der Waals surface area contributed by atoms with Crippen LogP contribution in [0.2, 0.25) is 0 Å². The predicted molar refractivity (Wildman–Crippen MR) is 125 cm³/mol. The molecular weight excluding hydrogens is 467 g/mol. The molecule has 2 aromatic rings. The summed E-state index contributed by atoms with van der Waals surface area (Å²) in [5.74, 6) is 2.27. The van der Waals surface area contributed by atoms with Gasteiger partial charge in [0.2, 0.25) is 5.91 Å². The number of aryl methyl sites for hydroxylation is 1. The fourth-order valence-electron chi connectivity index (χ4n) is 2.43. The first-order valence-corrected chi connectivity index (χ1v) is 9.17. The Balaban J connectivity index is 0.00000392. The van der Waals surface area contributed by atoms with Crippen molar-refractivity contribution in [1.29, 1.82) is 0 Å². The fourth-order valence-corrected chi connectivity index (χ4v) is 2.43. The Morgan fingerprint density at radius 2 is 1.75 bits per heavy atom. The first-order chi connectivity index (χ1) is 13.1. The van der Waals surface area contributed by atoms with Crippen molar-refractivity contribution in [3.8, 4) is 11.5 Å². The summed E-state index contributed by atoms with van der Waals surface area (Å²) in [6, 6.07) is 15.8. The monoisotopic (exact) mass is 496 g/mol. The number of ether oxygens (including phenoxy) is 1. The Labute approximate surface area is 184 Å². The molecule has 0 spiro atoms. The second-order valence-corrected chi connectivity index (χ2v) is 6.13. The van der Waals surface area contributed by atoms with E-state index in [2.05, 4.69) is 27.0 Å². The van der Waals surface area contributed by atoms with Crippen molar-refractivity contribution in [2.75, 3.05) is 19.6 Å². The highest BCUT2D eigenvalue weighted by molar-refractivity contribution is 14.0. The lowest BCUT2D eigenvalue weighted by Crippen LogP contribution is -2.41. The van der Waals surface area contributed by atoms with Crippen LogP contribution >= 0.6 is 24.0 Å². The van der Waals surface area contributed by atoms with E-state index in [1.165, 1.54) is 6.92 Å². The second-order valence-electron chi connectivity index (χ2n) is 6.13. The van der Waals surface area contributed by atoms with Gasteiger partial charge in [-0.2, -0.15) is 0 Å². The molecule has 0 aliphatic rings. The molecule has 28 heavy (non-hydrogen) atoms. The Morgan fingerprint density at radius 1 is 1.04 bits per heavy atom. The molecule has 0 fully saturated rings. The highest BCUT2D eigenvalue weighted by Gasteiger charge is 2.06. The summed E-state index contributed by atoms with van der Waals surface area (Å²) in [4.78, 5) is 15.6. The van der Waals surface area contributed by atoms with E-state index in [0.717, 1.165) is 29.2 Å². The summed E-state index contributed by atoms with van der Waals surface area (Å²) in [7, 11) is 0. The number of nitrogens with zero attached hydrogens (tertiary/aromatic N) is 1. The molecule has 7 heteroatoms. The van der Waals surface area contributed by atoms with Crippen molar-refractivity contribution in [2.24, 2.45) is 4.99 Å². The molecule has 0 saturated carbocycles. The van der Waals surface area contributed by atoms with Gasteiger partial charge in [0.05, 0.1) is 6.54 Å². The Kier molecular flexibility index (Phi) is 11.0. The van der Waals surface area contributed by atoms with Gasteiger partial charge in [-0.05, 0) is 37.6 Å². The van der Waals surface area contributed by atoms with Crippen LogP contribution in [0.4, 0.5) is 0 Å². The van der Waals surface area contributed by atoms with Gasteiger partial charge in [-0.3, -0.25) is 4.79 Å². The molecule has 0 heterocycles. The zero-order valence-corrected chi connectivity index (χ0v) is 18.9. The minimum absolute atomic E-state index is 0. The van der Waals surface area contributed by atoms with Gasteiger partial charge in [-0.25, -0.2) is 4.99 Å². The number of rotatable bonds is 8. The second kappa shape index (κ2) is 13.0. The maximum absolute atomic E-state index is 10.9. The molecule has 3 N–H and O–H groups in total. The van der Waals surface area contributed by atoms with E-state index in [0.29, 0.717) is 25.6 Å². The number of hydrogen-bond donors (Lipinski definition) is 3. The lowest BCUT2D eigenvalue weighted by molar-refractivity contribution is -0.118. The van der Waals surface area contributed by atoms with Crippen molar-refractivity contribution in [1.82, 2.24) is 16.0 Å². The maximum Gasteiger partial charge on any atom is 0.216 e. The summed E-state index contributed by atoms with van der Waals surface area (Å²) >= 11 is 0. The van der Waals surface area contributed by atoms with Crippen LogP contribution in [0.25, 0.3) is 0 Å². The van der Waals surface area contributed by atoms with E-state index >= 15 is 0 Å². The molecular formula is C21H29IN4O2. The first-order valence-electron chi connectivity index (χ1n) is 9.17.